The van der Waals surface area contributed by atoms with Crippen LogP contribution in [0.25, 0.3) is 0 Å². The second kappa shape index (κ2) is 54.0. The molecule has 14 atom stereocenters. The zero-order valence-electron chi connectivity index (χ0n) is 73.6. The minimum absolute atomic E-state index is 0.0359. The number of aromatic hydroxyl groups is 1. The van der Waals surface area contributed by atoms with Crippen molar-refractivity contribution < 1.29 is 116 Å². The summed E-state index contributed by atoms with van der Waals surface area (Å²) in [6.45, 7) is 0.680. The number of H-pyrrole nitrogens is 1. The van der Waals surface area contributed by atoms with E-state index in [0.29, 0.717) is 23.1 Å². The van der Waals surface area contributed by atoms with Gasteiger partial charge in [-0.1, -0.05) is 86.6 Å². The number of carboxylic acids is 2. The zero-order chi connectivity index (χ0) is 98.1. The van der Waals surface area contributed by atoms with E-state index >= 15 is 0 Å². The van der Waals surface area contributed by atoms with Crippen LogP contribution in [-0.2, 0) is 122 Å². The zero-order valence-corrected chi connectivity index (χ0v) is 73.6. The van der Waals surface area contributed by atoms with Crippen LogP contribution in [0.4, 0.5) is 0 Å². The number of guanidine groups is 1. The Morgan fingerprint density at radius 2 is 0.962 bits per heavy atom. The van der Waals surface area contributed by atoms with Crippen molar-refractivity contribution in [2.75, 3.05) is 52.4 Å². The second-order valence-corrected chi connectivity index (χ2v) is 32.2. The number of phenolic OH excluding ortho intramolecular Hbond substituents is 1. The van der Waals surface area contributed by atoms with Crippen LogP contribution in [0.1, 0.15) is 120 Å². The first-order valence-corrected chi connectivity index (χ1v) is 42.9. The van der Waals surface area contributed by atoms with E-state index in [0.717, 1.165) is 16.7 Å². The molecule has 31 N–H and O–H groups in total. The van der Waals surface area contributed by atoms with Gasteiger partial charge >= 0.3 is 11.9 Å². The molecule has 1 aromatic heterocycles. The second-order valence-electron chi connectivity index (χ2n) is 32.2. The summed E-state index contributed by atoms with van der Waals surface area (Å²) >= 11 is 0. The van der Waals surface area contributed by atoms with Gasteiger partial charge in [0.1, 0.15) is 78.3 Å². The van der Waals surface area contributed by atoms with Gasteiger partial charge in [0.25, 0.3) is 0 Å². The molecule has 2 saturated heterocycles. The lowest BCUT2D eigenvalue weighted by molar-refractivity contribution is -0.148. The molecule has 724 valence electrons. The number of amides is 18. The highest BCUT2D eigenvalue weighted by atomic mass is 16.4. The summed E-state index contributed by atoms with van der Waals surface area (Å²) in [6.07, 6.45) is -2.04. The van der Waals surface area contributed by atoms with Crippen molar-refractivity contribution in [2.45, 2.75) is 208 Å². The number of aromatic amines is 1. The number of nitrogens with two attached hydrogens (primary N) is 5. The van der Waals surface area contributed by atoms with E-state index in [4.69, 9.17) is 34.1 Å². The van der Waals surface area contributed by atoms with Crippen molar-refractivity contribution in [1.82, 2.24) is 99.5 Å². The van der Waals surface area contributed by atoms with Gasteiger partial charge in [-0.25, -0.2) is 9.78 Å². The molecule has 49 heteroatoms. The summed E-state index contributed by atoms with van der Waals surface area (Å²) in [4.78, 5) is 279. The molecule has 18 amide bonds. The van der Waals surface area contributed by atoms with Gasteiger partial charge in [-0.2, -0.15) is 0 Å². The standard InChI is InChI=1S/C84H119N25O24/c1-44(2)31-54(76(125)105-59(34-48-20-22-50(111)23-21-48)82(131)109-30-11-18-61(109)80(129)101-53(25-27-69(118)119)75(124)104-58(36-64(88)113)73(122)96-42-68(117)108-29-12-19-62(108)83(132)133)98-66(115)40-93-65(114)39-94-72(121)55(32-46-13-6-4-7-14-46)102-78(127)57(35-49-38-91-43-97-49)99-67(116)41-95-81(130)70(45(3)110)107-79(128)60(37-85)106-77(126)56(33-47-15-8-5-9-16-47)103-74(123)52(17-10-28-92-84(89)90)100-71(120)51(86)24-26-63(87)112/h4-9,13-16,20-23,38,43-45,51-62,70,110-111H,10-12,17-19,24-37,39-42,85-86H2,1-3H3,(H2,87,112)(H2,88,113)(H,91,97)(H,93,114)(H,94,121)(H,95,130)(H,96,122)(H,98,115)(H,99,116)(H,100,120)(H,101,129)(H,102,127)(H,103,123)(H,104,124)(H,105,125)(H,106,126)(H,107,128)(H,118,119)(H,132,133)(H4,89,90,92)/t45-,51+,52+,53+,54+,55+,56+,57+,58+,59+,60+,61+,62+,70+/m1/s1. The quantitative estimate of drug-likeness (QED) is 0.0111. The molecule has 3 aromatic carbocycles. The van der Waals surface area contributed by atoms with Gasteiger partial charge in [-0.3, -0.25) is 96.5 Å². The Kier molecular flexibility index (Phi) is 43.4. The SMILES string of the molecule is CC(C)C[C@H](NC(=O)CNC(=O)CNC(=O)[C@H](Cc1ccccc1)NC(=O)[C@H](Cc1cnc[nH]1)NC(=O)CNC(=O)[C@@H](NC(=O)[C@H](CN)NC(=O)[C@H](Cc1ccccc1)NC(=O)[C@H](CCCNC(=N)N)NC(=O)[C@@H](N)CCC(N)=O)[C@@H](C)O)C(=O)N[C@@H](Cc1ccc(O)cc1)C(=O)N1CCC[C@H]1C(=O)N[C@@H](CCC(=O)O)C(=O)N[C@@H](CC(N)=O)C(=O)NCC(=O)N1CCC[C@H]1C(=O)O. The monoisotopic (exact) mass is 1860 g/mol. The normalized spacial score (nSPS) is 16.0. The fourth-order valence-electron chi connectivity index (χ4n) is 14.2. The van der Waals surface area contributed by atoms with Gasteiger partial charge in [0.15, 0.2) is 5.96 Å². The molecule has 133 heavy (non-hydrogen) atoms. The number of rotatable bonds is 55. The topological polar surface area (TPSA) is 792 Å². The predicted molar refractivity (Wildman–Crippen MR) is 469 cm³/mol. The van der Waals surface area contributed by atoms with E-state index < -0.39 is 255 Å². The van der Waals surface area contributed by atoms with Crippen molar-refractivity contribution in [3.8, 4) is 5.75 Å². The number of carbonyl (C=O) groups is 20. The van der Waals surface area contributed by atoms with Crippen molar-refractivity contribution in [3.05, 3.63) is 120 Å². The Morgan fingerprint density at radius 3 is 1.52 bits per heavy atom. The number of aromatic nitrogens is 2. The lowest BCUT2D eigenvalue weighted by atomic mass is 10.0. The van der Waals surface area contributed by atoms with E-state index in [-0.39, 0.29) is 120 Å². The fraction of sp³-hybridized carbons (Fsp3) is 0.500. The molecule has 6 rings (SSSR count). The number of likely N-dealkylation sites (tertiary alicyclic amines) is 2. The van der Waals surface area contributed by atoms with Gasteiger partial charge < -0.3 is 144 Å². The largest absolute Gasteiger partial charge is 0.508 e. The van der Waals surface area contributed by atoms with Crippen LogP contribution in [0.3, 0.4) is 0 Å². The summed E-state index contributed by atoms with van der Waals surface area (Å²) in [6, 6.07) is 2.24. The molecular formula is C84H119N25O24. The number of carbonyl (C=O) groups excluding carboxylic acids is 18. The number of nitrogens with one attached hydrogen (secondary N) is 17. The van der Waals surface area contributed by atoms with Gasteiger partial charge in [-0.05, 0) is 99.5 Å². The van der Waals surface area contributed by atoms with Crippen molar-refractivity contribution in [3.63, 3.8) is 0 Å². The summed E-state index contributed by atoms with van der Waals surface area (Å²) in [5.41, 5.74) is 29.7. The highest BCUT2D eigenvalue weighted by molar-refractivity contribution is 6.01. The minimum Gasteiger partial charge on any atom is -0.508 e. The van der Waals surface area contributed by atoms with Gasteiger partial charge in [0.2, 0.25) is 106 Å². The third-order valence-electron chi connectivity index (χ3n) is 21.1. The summed E-state index contributed by atoms with van der Waals surface area (Å²) in [7, 11) is 0. The van der Waals surface area contributed by atoms with Crippen LogP contribution in [-0.4, -0.2) is 301 Å². The first-order chi connectivity index (χ1) is 63.1. The predicted octanol–water partition coefficient (Wildman–Crippen LogP) is -9.25. The molecule has 4 aromatic rings. The van der Waals surface area contributed by atoms with E-state index in [2.05, 4.69) is 89.7 Å². The van der Waals surface area contributed by atoms with E-state index in [9.17, 15) is 116 Å². The summed E-state index contributed by atoms with van der Waals surface area (Å²) in [5.74, 6) is -21.1. The number of nitrogens with zero attached hydrogens (tertiary/aromatic N) is 3. The maximum absolute atomic E-state index is 14.9. The summed E-state index contributed by atoms with van der Waals surface area (Å²) in [5, 5.41) is 84.4. The molecule has 0 bridgehead atoms. The number of aliphatic carboxylic acids is 2. The number of aliphatic hydroxyl groups excluding tert-OH is 1. The van der Waals surface area contributed by atoms with Gasteiger partial charge in [0.05, 0.1) is 51.1 Å². The van der Waals surface area contributed by atoms with Gasteiger partial charge in [0, 0.05) is 76.6 Å². The Balaban J connectivity index is 1.09. The molecule has 0 aliphatic carbocycles. The number of primary amides is 2. The van der Waals surface area contributed by atoms with Crippen LogP contribution in [0.5, 0.6) is 5.75 Å². The van der Waals surface area contributed by atoms with Crippen LogP contribution >= 0.6 is 0 Å². The fourth-order valence-corrected chi connectivity index (χ4v) is 14.2. The maximum Gasteiger partial charge on any atom is 0.326 e. The van der Waals surface area contributed by atoms with Crippen LogP contribution in [0.2, 0.25) is 0 Å². The average Bonchev–Trinajstić information content (AvgIpc) is 1.70. The number of aliphatic hydroxyl groups is 1. The first kappa shape index (κ1) is 107. The smallest absolute Gasteiger partial charge is 0.326 e. The highest BCUT2D eigenvalue weighted by Crippen LogP contribution is 2.23. The van der Waals surface area contributed by atoms with Crippen molar-refractivity contribution in [1.29, 1.82) is 5.41 Å². The van der Waals surface area contributed by atoms with Crippen molar-refractivity contribution in [2.24, 2.45) is 34.6 Å². The summed E-state index contributed by atoms with van der Waals surface area (Å²) < 4.78 is 0. The molecule has 2 fully saturated rings. The van der Waals surface area contributed by atoms with E-state index in [1.165, 1.54) is 36.8 Å². The minimum atomic E-state index is -1.85. The number of hydrogen-bond donors (Lipinski definition) is 26. The average molecular weight is 1860 g/mol. The lowest BCUT2D eigenvalue weighted by Gasteiger charge is -2.31. The van der Waals surface area contributed by atoms with Crippen molar-refractivity contribution >= 4 is 124 Å². The number of benzene rings is 3. The Hall–Kier alpha value is -14.8. The molecule has 49 nitrogen and oxygen atoms in total. The third kappa shape index (κ3) is 37.0. The molecule has 2 aliphatic rings. The molecule has 0 saturated carbocycles. The first-order valence-electron chi connectivity index (χ1n) is 42.9. The molecule has 2 aliphatic heterocycles. The van der Waals surface area contributed by atoms with E-state index in [1.807, 2.05) is 0 Å². The number of hydrogen-bond acceptors (Lipinski definition) is 26. The Morgan fingerprint density at radius 1 is 0.481 bits per heavy atom. The third-order valence-corrected chi connectivity index (χ3v) is 21.1. The number of imidazole rings is 1. The molecule has 0 unspecified atom stereocenters. The van der Waals surface area contributed by atoms with Gasteiger partial charge in [-0.15, -0.1) is 0 Å². The maximum atomic E-state index is 14.9. The highest BCUT2D eigenvalue weighted by Gasteiger charge is 2.43. The Bertz CT molecular complexity index is 4740. The number of phenols is 1. The molecule has 0 radical (unpaired) electrons. The van der Waals surface area contributed by atoms with Crippen LogP contribution < -0.4 is 108 Å². The molecule has 0 spiro atoms. The number of carboxylic acid groups (broad SMARTS) is 2. The van der Waals surface area contributed by atoms with Crippen LogP contribution in [0, 0.1) is 11.3 Å². The molecule has 3 heterocycles. The van der Waals surface area contributed by atoms with E-state index in [1.54, 1.807) is 74.5 Å². The molecular weight excluding hydrogens is 1740 g/mol. The Labute approximate surface area is 763 Å². The lowest BCUT2D eigenvalue weighted by Crippen LogP contribution is -2.62. The van der Waals surface area contributed by atoms with Crippen LogP contribution in [0.15, 0.2) is 97.5 Å².